The minimum atomic E-state index is 0.450. The van der Waals surface area contributed by atoms with Crippen LogP contribution in [-0.4, -0.2) is 41.5 Å². The van der Waals surface area contributed by atoms with E-state index in [1.54, 1.807) is 18.5 Å². The van der Waals surface area contributed by atoms with Crippen molar-refractivity contribution in [2.45, 2.75) is 6.04 Å². The molecule has 3 rings (SSSR count). The first-order valence-electron chi connectivity index (χ1n) is 6.88. The molecule has 2 heterocycles. The molecule has 1 saturated heterocycles. The van der Waals surface area contributed by atoms with Crippen molar-refractivity contribution in [1.82, 2.24) is 20.2 Å². The van der Waals surface area contributed by atoms with Gasteiger partial charge in [0.15, 0.2) is 0 Å². The van der Waals surface area contributed by atoms with Gasteiger partial charge in [-0.05, 0) is 30.8 Å². The average Bonchev–Trinajstić information content (AvgIpc) is 2.50. The van der Waals surface area contributed by atoms with Crippen molar-refractivity contribution in [3.8, 4) is 0 Å². The molecular formula is C15H19N5. The van der Waals surface area contributed by atoms with Crippen molar-refractivity contribution in [3.05, 3.63) is 48.3 Å². The highest BCUT2D eigenvalue weighted by Gasteiger charge is 2.19. The molecule has 5 heteroatoms. The predicted molar refractivity (Wildman–Crippen MR) is 80.0 cm³/mol. The molecule has 0 radical (unpaired) electrons. The van der Waals surface area contributed by atoms with Crippen LogP contribution < -0.4 is 10.6 Å². The Balaban J connectivity index is 1.71. The first-order valence-corrected chi connectivity index (χ1v) is 6.88. The zero-order valence-electron chi connectivity index (χ0n) is 11.6. The van der Waals surface area contributed by atoms with Crippen molar-refractivity contribution in [3.63, 3.8) is 0 Å². The lowest BCUT2D eigenvalue weighted by Crippen LogP contribution is -2.43. The van der Waals surface area contributed by atoms with Crippen LogP contribution >= 0.6 is 0 Å². The standard InChI is InChI=1S/C15H19N5/c1-20-10-9-16-11-14(20)12-3-5-13(6-4-12)19-15-17-7-2-8-18-15/h2-8,14,16H,9-11H2,1H3,(H,17,18,19). The van der Waals surface area contributed by atoms with Crippen molar-refractivity contribution in [2.75, 3.05) is 32.0 Å². The van der Waals surface area contributed by atoms with Gasteiger partial charge >= 0.3 is 0 Å². The second kappa shape index (κ2) is 5.98. The van der Waals surface area contributed by atoms with E-state index in [0.717, 1.165) is 25.3 Å². The molecule has 0 aliphatic carbocycles. The third-order valence-electron chi connectivity index (χ3n) is 3.63. The van der Waals surface area contributed by atoms with Crippen LogP contribution in [0, 0.1) is 0 Å². The molecule has 1 atom stereocenters. The lowest BCUT2D eigenvalue weighted by atomic mass is 10.0. The zero-order valence-corrected chi connectivity index (χ0v) is 11.6. The number of piperazine rings is 1. The number of nitrogens with zero attached hydrogens (tertiary/aromatic N) is 3. The van der Waals surface area contributed by atoms with Crippen molar-refractivity contribution < 1.29 is 0 Å². The fourth-order valence-corrected chi connectivity index (χ4v) is 2.46. The number of likely N-dealkylation sites (N-methyl/N-ethyl adjacent to an activating group) is 1. The molecule has 5 nitrogen and oxygen atoms in total. The summed E-state index contributed by atoms with van der Waals surface area (Å²) in [7, 11) is 2.18. The van der Waals surface area contributed by atoms with Gasteiger partial charge in [0.1, 0.15) is 0 Å². The summed E-state index contributed by atoms with van der Waals surface area (Å²) in [5.41, 5.74) is 2.34. The van der Waals surface area contributed by atoms with Crippen LogP contribution in [0.3, 0.4) is 0 Å². The maximum atomic E-state index is 4.16. The van der Waals surface area contributed by atoms with E-state index in [1.807, 2.05) is 0 Å². The molecule has 1 fully saturated rings. The number of rotatable bonds is 3. The second-order valence-electron chi connectivity index (χ2n) is 5.02. The molecule has 1 aliphatic rings. The Morgan fingerprint density at radius 3 is 2.65 bits per heavy atom. The fourth-order valence-electron chi connectivity index (χ4n) is 2.46. The van der Waals surface area contributed by atoms with E-state index < -0.39 is 0 Å². The number of hydrogen-bond acceptors (Lipinski definition) is 5. The summed E-state index contributed by atoms with van der Waals surface area (Å²) >= 11 is 0. The van der Waals surface area contributed by atoms with Crippen LogP contribution in [0.25, 0.3) is 0 Å². The topological polar surface area (TPSA) is 53.1 Å². The highest BCUT2D eigenvalue weighted by Crippen LogP contribution is 2.22. The Labute approximate surface area is 119 Å². The molecule has 1 aromatic carbocycles. The highest BCUT2D eigenvalue weighted by atomic mass is 15.2. The average molecular weight is 269 g/mol. The molecule has 0 saturated carbocycles. The quantitative estimate of drug-likeness (QED) is 0.890. The Morgan fingerprint density at radius 1 is 1.20 bits per heavy atom. The van der Waals surface area contributed by atoms with Crippen molar-refractivity contribution in [2.24, 2.45) is 0 Å². The fraction of sp³-hybridized carbons (Fsp3) is 0.333. The van der Waals surface area contributed by atoms with Gasteiger partial charge in [-0.15, -0.1) is 0 Å². The third-order valence-corrected chi connectivity index (χ3v) is 3.63. The van der Waals surface area contributed by atoms with Gasteiger partial charge in [0.2, 0.25) is 5.95 Å². The molecule has 2 N–H and O–H groups in total. The highest BCUT2D eigenvalue weighted by molar-refractivity contribution is 5.53. The lowest BCUT2D eigenvalue weighted by Gasteiger charge is -2.33. The minimum absolute atomic E-state index is 0.450. The molecule has 1 aromatic heterocycles. The van der Waals surface area contributed by atoms with Gasteiger partial charge in [0.05, 0.1) is 0 Å². The Morgan fingerprint density at radius 2 is 1.95 bits per heavy atom. The third kappa shape index (κ3) is 2.95. The van der Waals surface area contributed by atoms with Crippen LogP contribution in [0.15, 0.2) is 42.7 Å². The van der Waals surface area contributed by atoms with Gasteiger partial charge in [-0.1, -0.05) is 12.1 Å². The van der Waals surface area contributed by atoms with Crippen LogP contribution in [0.4, 0.5) is 11.6 Å². The summed E-state index contributed by atoms with van der Waals surface area (Å²) in [5, 5.41) is 6.63. The summed E-state index contributed by atoms with van der Waals surface area (Å²) in [5.74, 6) is 0.622. The molecule has 1 unspecified atom stereocenters. The summed E-state index contributed by atoms with van der Waals surface area (Å²) in [6.45, 7) is 3.16. The van der Waals surface area contributed by atoms with Crippen LogP contribution in [0.2, 0.25) is 0 Å². The summed E-state index contributed by atoms with van der Waals surface area (Å²) in [4.78, 5) is 10.7. The second-order valence-corrected chi connectivity index (χ2v) is 5.02. The van der Waals surface area contributed by atoms with E-state index in [4.69, 9.17) is 0 Å². The molecular weight excluding hydrogens is 250 g/mol. The summed E-state index contributed by atoms with van der Waals surface area (Å²) < 4.78 is 0. The smallest absolute Gasteiger partial charge is 0.227 e. The molecule has 0 bridgehead atoms. The number of benzene rings is 1. The normalized spacial score (nSPS) is 19.8. The molecule has 2 aromatic rings. The first kappa shape index (κ1) is 13.0. The first-order chi connectivity index (χ1) is 9.83. The monoisotopic (exact) mass is 269 g/mol. The predicted octanol–water partition coefficient (Wildman–Crippen LogP) is 1.80. The Kier molecular flexibility index (Phi) is 3.90. The number of nitrogens with one attached hydrogen (secondary N) is 2. The Bertz CT molecular complexity index is 540. The SMILES string of the molecule is CN1CCNCC1c1ccc(Nc2ncccn2)cc1. The molecule has 20 heavy (non-hydrogen) atoms. The van der Waals surface area contributed by atoms with Crippen LogP contribution in [0.5, 0.6) is 0 Å². The lowest BCUT2D eigenvalue weighted by molar-refractivity contribution is 0.202. The van der Waals surface area contributed by atoms with Gasteiger partial charge in [-0.25, -0.2) is 9.97 Å². The van der Waals surface area contributed by atoms with Gasteiger partial charge in [0.25, 0.3) is 0 Å². The molecule has 1 aliphatic heterocycles. The number of aromatic nitrogens is 2. The van der Waals surface area contributed by atoms with Crippen molar-refractivity contribution >= 4 is 11.6 Å². The summed E-state index contributed by atoms with van der Waals surface area (Å²) in [6.07, 6.45) is 3.46. The number of hydrogen-bond donors (Lipinski definition) is 2. The minimum Gasteiger partial charge on any atom is -0.324 e. The van der Waals surface area contributed by atoms with Crippen LogP contribution in [-0.2, 0) is 0 Å². The van der Waals surface area contributed by atoms with E-state index in [2.05, 4.69) is 56.8 Å². The summed E-state index contributed by atoms with van der Waals surface area (Å²) in [6, 6.07) is 10.7. The van der Waals surface area contributed by atoms with Gasteiger partial charge < -0.3 is 10.6 Å². The maximum absolute atomic E-state index is 4.16. The van der Waals surface area contributed by atoms with E-state index >= 15 is 0 Å². The number of anilines is 2. The molecule has 104 valence electrons. The van der Waals surface area contributed by atoms with E-state index in [9.17, 15) is 0 Å². The van der Waals surface area contributed by atoms with Crippen LogP contribution in [0.1, 0.15) is 11.6 Å². The Hall–Kier alpha value is -1.98. The largest absolute Gasteiger partial charge is 0.324 e. The maximum Gasteiger partial charge on any atom is 0.227 e. The van der Waals surface area contributed by atoms with E-state index in [1.165, 1.54) is 5.56 Å². The van der Waals surface area contributed by atoms with Gasteiger partial charge in [0, 0.05) is 43.8 Å². The van der Waals surface area contributed by atoms with E-state index in [0.29, 0.717) is 12.0 Å². The van der Waals surface area contributed by atoms with E-state index in [-0.39, 0.29) is 0 Å². The van der Waals surface area contributed by atoms with Gasteiger partial charge in [-0.3, -0.25) is 4.90 Å². The van der Waals surface area contributed by atoms with Crippen molar-refractivity contribution in [1.29, 1.82) is 0 Å². The molecule has 0 spiro atoms. The van der Waals surface area contributed by atoms with Gasteiger partial charge in [-0.2, -0.15) is 0 Å². The zero-order chi connectivity index (χ0) is 13.8. The molecule has 0 amide bonds.